The zero-order valence-electron chi connectivity index (χ0n) is 11.4. The molecule has 1 fully saturated rings. The molecule has 1 aliphatic rings. The molecule has 1 amide bonds. The Labute approximate surface area is 106 Å². The molecule has 0 heterocycles. The number of hydrogen-bond donors (Lipinski definition) is 2. The lowest BCUT2D eigenvalue weighted by atomic mass is 10.1. The zero-order chi connectivity index (χ0) is 12.5. The Kier molecular flexibility index (Phi) is 7.25. The Bertz CT molecular complexity index is 210. The van der Waals surface area contributed by atoms with Gasteiger partial charge >= 0.3 is 0 Å². The second-order valence-corrected chi connectivity index (χ2v) is 5.40. The van der Waals surface area contributed by atoms with E-state index in [2.05, 4.69) is 24.5 Å². The Morgan fingerprint density at radius 1 is 1.24 bits per heavy atom. The average Bonchev–Trinajstić information content (AvgIpc) is 2.57. The highest BCUT2D eigenvalue weighted by Gasteiger charge is 2.14. The molecule has 1 rings (SSSR count). The molecule has 0 aromatic carbocycles. The molecular formula is C14H28N2O. The van der Waals surface area contributed by atoms with E-state index in [-0.39, 0.29) is 5.91 Å². The maximum atomic E-state index is 11.7. The summed E-state index contributed by atoms with van der Waals surface area (Å²) in [4.78, 5) is 11.7. The highest BCUT2D eigenvalue weighted by molar-refractivity contribution is 5.78. The summed E-state index contributed by atoms with van der Waals surface area (Å²) in [5.41, 5.74) is 0. The summed E-state index contributed by atoms with van der Waals surface area (Å²) in [5, 5.41) is 6.38. The van der Waals surface area contributed by atoms with Crippen LogP contribution in [0.3, 0.4) is 0 Å². The minimum atomic E-state index is 0.167. The second-order valence-electron chi connectivity index (χ2n) is 5.40. The van der Waals surface area contributed by atoms with Crippen molar-refractivity contribution in [2.75, 3.05) is 13.1 Å². The molecule has 3 nitrogen and oxygen atoms in total. The van der Waals surface area contributed by atoms with Crippen molar-refractivity contribution in [1.82, 2.24) is 10.6 Å². The van der Waals surface area contributed by atoms with Crippen LogP contribution in [0.1, 0.15) is 58.8 Å². The van der Waals surface area contributed by atoms with Crippen LogP contribution in [0.5, 0.6) is 0 Å². The zero-order valence-corrected chi connectivity index (χ0v) is 11.4. The minimum Gasteiger partial charge on any atom is -0.352 e. The van der Waals surface area contributed by atoms with Gasteiger partial charge in [-0.3, -0.25) is 4.79 Å². The largest absolute Gasteiger partial charge is 0.352 e. The number of carbonyl (C=O) groups is 1. The Morgan fingerprint density at radius 2 is 1.88 bits per heavy atom. The van der Waals surface area contributed by atoms with Crippen LogP contribution in [0.2, 0.25) is 0 Å². The molecule has 17 heavy (non-hydrogen) atoms. The average molecular weight is 240 g/mol. The van der Waals surface area contributed by atoms with Gasteiger partial charge in [0.1, 0.15) is 0 Å². The van der Waals surface area contributed by atoms with Crippen molar-refractivity contribution in [1.29, 1.82) is 0 Å². The van der Waals surface area contributed by atoms with E-state index < -0.39 is 0 Å². The first-order valence-corrected chi connectivity index (χ1v) is 7.22. The van der Waals surface area contributed by atoms with Crippen LogP contribution in [0.4, 0.5) is 0 Å². The first-order valence-electron chi connectivity index (χ1n) is 7.22. The Morgan fingerprint density at radius 3 is 2.47 bits per heavy atom. The van der Waals surface area contributed by atoms with Crippen LogP contribution in [-0.4, -0.2) is 25.0 Å². The van der Waals surface area contributed by atoms with Crippen molar-refractivity contribution >= 4 is 5.91 Å². The van der Waals surface area contributed by atoms with Gasteiger partial charge in [-0.1, -0.05) is 46.0 Å². The third-order valence-corrected chi connectivity index (χ3v) is 3.70. The molecule has 2 N–H and O–H groups in total. The lowest BCUT2D eigenvalue weighted by Gasteiger charge is -2.17. The SMILES string of the molecule is CCC(C)CNCC(=O)NC1CCCCCC1. The standard InChI is InChI=1S/C14H28N2O/c1-3-12(2)10-15-11-14(17)16-13-8-6-4-5-7-9-13/h12-13,15H,3-11H2,1-2H3,(H,16,17). The van der Waals surface area contributed by atoms with Crippen LogP contribution in [0, 0.1) is 5.92 Å². The predicted molar refractivity (Wildman–Crippen MR) is 72.0 cm³/mol. The van der Waals surface area contributed by atoms with Crippen LogP contribution < -0.4 is 10.6 Å². The normalized spacial score (nSPS) is 19.6. The molecule has 3 heteroatoms. The highest BCUT2D eigenvalue weighted by atomic mass is 16.1. The Balaban J connectivity index is 2.10. The van der Waals surface area contributed by atoms with Crippen LogP contribution in [-0.2, 0) is 4.79 Å². The van der Waals surface area contributed by atoms with Crippen molar-refractivity contribution in [2.24, 2.45) is 5.92 Å². The fourth-order valence-corrected chi connectivity index (χ4v) is 2.28. The van der Waals surface area contributed by atoms with E-state index in [4.69, 9.17) is 0 Å². The number of carbonyl (C=O) groups excluding carboxylic acids is 1. The summed E-state index contributed by atoms with van der Waals surface area (Å²) in [6.07, 6.45) is 8.69. The molecular weight excluding hydrogens is 212 g/mol. The summed E-state index contributed by atoms with van der Waals surface area (Å²) in [6.45, 7) is 5.80. The van der Waals surface area contributed by atoms with Gasteiger partial charge in [0, 0.05) is 6.04 Å². The van der Waals surface area contributed by atoms with Gasteiger partial charge in [-0.25, -0.2) is 0 Å². The molecule has 0 radical (unpaired) electrons. The number of rotatable bonds is 6. The van der Waals surface area contributed by atoms with E-state index in [0.29, 0.717) is 18.5 Å². The second kappa shape index (κ2) is 8.51. The van der Waals surface area contributed by atoms with E-state index in [1.807, 2.05) is 0 Å². The molecule has 1 aliphatic carbocycles. The molecule has 1 atom stereocenters. The van der Waals surface area contributed by atoms with Crippen LogP contribution in [0.25, 0.3) is 0 Å². The quantitative estimate of drug-likeness (QED) is 0.700. The molecule has 1 unspecified atom stereocenters. The highest BCUT2D eigenvalue weighted by Crippen LogP contribution is 2.16. The maximum absolute atomic E-state index is 11.7. The van der Waals surface area contributed by atoms with Crippen molar-refractivity contribution in [3.05, 3.63) is 0 Å². The van der Waals surface area contributed by atoms with Gasteiger partial charge in [-0.2, -0.15) is 0 Å². The molecule has 0 aromatic rings. The van der Waals surface area contributed by atoms with Crippen LogP contribution >= 0.6 is 0 Å². The van der Waals surface area contributed by atoms with Gasteiger partial charge in [0.15, 0.2) is 0 Å². The molecule has 1 saturated carbocycles. The molecule has 0 bridgehead atoms. The predicted octanol–water partition coefficient (Wildman–Crippen LogP) is 2.46. The first-order chi connectivity index (χ1) is 8.22. The lowest BCUT2D eigenvalue weighted by molar-refractivity contribution is -0.121. The van der Waals surface area contributed by atoms with Crippen LogP contribution in [0.15, 0.2) is 0 Å². The van der Waals surface area contributed by atoms with Gasteiger partial charge in [0.05, 0.1) is 6.54 Å². The van der Waals surface area contributed by atoms with Gasteiger partial charge in [0.2, 0.25) is 5.91 Å². The Hall–Kier alpha value is -0.570. The molecule has 0 spiro atoms. The monoisotopic (exact) mass is 240 g/mol. The number of hydrogen-bond acceptors (Lipinski definition) is 2. The van der Waals surface area contributed by atoms with Crippen molar-refractivity contribution < 1.29 is 4.79 Å². The van der Waals surface area contributed by atoms with E-state index >= 15 is 0 Å². The fourth-order valence-electron chi connectivity index (χ4n) is 2.28. The van der Waals surface area contributed by atoms with E-state index in [0.717, 1.165) is 25.8 Å². The fraction of sp³-hybridized carbons (Fsp3) is 0.929. The molecule has 0 saturated heterocycles. The third kappa shape index (κ3) is 6.67. The van der Waals surface area contributed by atoms with E-state index in [9.17, 15) is 4.79 Å². The van der Waals surface area contributed by atoms with Crippen molar-refractivity contribution in [2.45, 2.75) is 64.8 Å². The van der Waals surface area contributed by atoms with Gasteiger partial charge in [-0.15, -0.1) is 0 Å². The third-order valence-electron chi connectivity index (χ3n) is 3.70. The van der Waals surface area contributed by atoms with E-state index in [1.165, 1.54) is 25.7 Å². The number of nitrogens with one attached hydrogen (secondary N) is 2. The summed E-state index contributed by atoms with van der Waals surface area (Å²) >= 11 is 0. The molecule has 100 valence electrons. The topological polar surface area (TPSA) is 41.1 Å². The van der Waals surface area contributed by atoms with Gasteiger partial charge < -0.3 is 10.6 Å². The summed E-state index contributed by atoms with van der Waals surface area (Å²) in [7, 11) is 0. The summed E-state index contributed by atoms with van der Waals surface area (Å²) < 4.78 is 0. The van der Waals surface area contributed by atoms with Crippen molar-refractivity contribution in [3.8, 4) is 0 Å². The van der Waals surface area contributed by atoms with E-state index in [1.54, 1.807) is 0 Å². The molecule has 0 aromatic heterocycles. The summed E-state index contributed by atoms with van der Waals surface area (Å²) in [5.74, 6) is 0.820. The van der Waals surface area contributed by atoms with Gasteiger partial charge in [0.25, 0.3) is 0 Å². The first kappa shape index (κ1) is 14.5. The lowest BCUT2D eigenvalue weighted by Crippen LogP contribution is -2.41. The summed E-state index contributed by atoms with van der Waals surface area (Å²) in [6, 6.07) is 0.426. The molecule has 0 aliphatic heterocycles. The van der Waals surface area contributed by atoms with Gasteiger partial charge in [-0.05, 0) is 25.3 Å². The smallest absolute Gasteiger partial charge is 0.234 e. The minimum absolute atomic E-state index is 0.167. The number of amides is 1. The van der Waals surface area contributed by atoms with Crippen molar-refractivity contribution in [3.63, 3.8) is 0 Å². The maximum Gasteiger partial charge on any atom is 0.234 e.